The van der Waals surface area contributed by atoms with Crippen LogP contribution in [0.25, 0.3) is 0 Å². The Morgan fingerprint density at radius 2 is 1.65 bits per heavy atom. The Bertz CT molecular complexity index is 555. The normalized spacial score (nSPS) is 15.3. The van der Waals surface area contributed by atoms with Crippen molar-refractivity contribution in [1.82, 2.24) is 10.6 Å². The number of carboxylic acid groups (broad SMARTS) is 1. The van der Waals surface area contributed by atoms with E-state index in [2.05, 4.69) is 10.6 Å². The molecule has 0 spiro atoms. The first-order valence-corrected chi connectivity index (χ1v) is 9.82. The third-order valence-electron chi connectivity index (χ3n) is 3.01. The molecule has 0 aliphatic carbocycles. The number of amides is 2. The van der Waals surface area contributed by atoms with E-state index in [4.69, 9.17) is 19.9 Å². The van der Waals surface area contributed by atoms with Crippen molar-refractivity contribution in [3.63, 3.8) is 0 Å². The van der Waals surface area contributed by atoms with Crippen LogP contribution < -0.4 is 16.4 Å². The maximum Gasteiger partial charge on any atom is 0.353 e. The van der Waals surface area contributed by atoms with Crippen LogP contribution in [0.1, 0.15) is 34.1 Å². The molecule has 0 bridgehead atoms. The molecular formula is C15H28N3O7P. The van der Waals surface area contributed by atoms with Gasteiger partial charge in [-0.25, -0.2) is 0 Å². The van der Waals surface area contributed by atoms with Crippen LogP contribution in [0.3, 0.4) is 0 Å². The molecule has 3 atom stereocenters. The lowest BCUT2D eigenvalue weighted by Crippen LogP contribution is -2.51. The van der Waals surface area contributed by atoms with Crippen LogP contribution in [0, 0.1) is 0 Å². The molecule has 0 aromatic carbocycles. The summed E-state index contributed by atoms with van der Waals surface area (Å²) in [5.41, 5.74) is 5.41. The maximum absolute atomic E-state index is 12.4. The van der Waals surface area contributed by atoms with E-state index in [-0.39, 0.29) is 13.2 Å². The lowest BCUT2D eigenvalue weighted by atomic mass is 10.2. The minimum absolute atomic E-state index is 0.137. The Balaban J connectivity index is 5.11. The molecule has 150 valence electrons. The smallest absolute Gasteiger partial charge is 0.353 e. The Morgan fingerprint density at radius 3 is 2.08 bits per heavy atom. The van der Waals surface area contributed by atoms with Crippen LogP contribution in [0.5, 0.6) is 0 Å². The fourth-order valence-corrected chi connectivity index (χ4v) is 3.15. The second kappa shape index (κ2) is 11.8. The quantitative estimate of drug-likeness (QED) is 0.351. The molecule has 26 heavy (non-hydrogen) atoms. The van der Waals surface area contributed by atoms with Crippen molar-refractivity contribution < 1.29 is 33.1 Å². The van der Waals surface area contributed by atoms with Crippen LogP contribution in [0.15, 0.2) is 11.9 Å². The molecule has 0 aliphatic rings. The van der Waals surface area contributed by atoms with E-state index < -0.39 is 49.9 Å². The standard InChI is InChI=1S/C15H28N3O7P/c1-5-24-26(23,25-6-2)8-7-12(9-13(19)20)18-15(22)11(4)17-14(21)10(3)16/h7-8,10-12H,5-6,9,16H2,1-4H3,(H,17,21)(H,18,22)(H,19,20)/b8-7+/t10?,11?,12-/m1/s1. The van der Waals surface area contributed by atoms with Gasteiger partial charge in [-0.1, -0.05) is 6.08 Å². The second-order valence-corrected chi connectivity index (χ2v) is 7.34. The van der Waals surface area contributed by atoms with Crippen molar-refractivity contribution in [1.29, 1.82) is 0 Å². The fourth-order valence-electron chi connectivity index (χ4n) is 1.77. The van der Waals surface area contributed by atoms with Gasteiger partial charge in [0.15, 0.2) is 0 Å². The zero-order chi connectivity index (χ0) is 20.3. The van der Waals surface area contributed by atoms with E-state index in [9.17, 15) is 18.9 Å². The fraction of sp³-hybridized carbons (Fsp3) is 0.667. The average molecular weight is 393 g/mol. The molecule has 10 nitrogen and oxygen atoms in total. The monoisotopic (exact) mass is 393 g/mol. The molecule has 0 heterocycles. The van der Waals surface area contributed by atoms with E-state index >= 15 is 0 Å². The predicted molar refractivity (Wildman–Crippen MR) is 95.4 cm³/mol. The highest BCUT2D eigenvalue weighted by Gasteiger charge is 2.23. The number of carbonyl (C=O) groups excluding carboxylic acids is 2. The van der Waals surface area contributed by atoms with E-state index in [1.54, 1.807) is 13.8 Å². The molecule has 2 amide bonds. The SMILES string of the molecule is CCOP(=O)(/C=C/[C@H](CC(=O)O)NC(=O)C(C)NC(=O)C(C)N)OCC. The number of hydrogen-bond donors (Lipinski definition) is 4. The molecule has 0 rings (SSSR count). The lowest BCUT2D eigenvalue weighted by molar-refractivity contribution is -0.137. The first-order chi connectivity index (χ1) is 12.0. The zero-order valence-corrected chi connectivity index (χ0v) is 16.3. The van der Waals surface area contributed by atoms with Gasteiger partial charge in [0.1, 0.15) is 6.04 Å². The molecule has 0 fully saturated rings. The zero-order valence-electron chi connectivity index (χ0n) is 15.4. The summed E-state index contributed by atoms with van der Waals surface area (Å²) in [4.78, 5) is 34.7. The van der Waals surface area contributed by atoms with Gasteiger partial charge in [-0.05, 0) is 27.7 Å². The Morgan fingerprint density at radius 1 is 1.12 bits per heavy atom. The average Bonchev–Trinajstić information content (AvgIpc) is 2.52. The van der Waals surface area contributed by atoms with Gasteiger partial charge >= 0.3 is 13.6 Å². The third-order valence-corrected chi connectivity index (χ3v) is 4.78. The first kappa shape index (κ1) is 24.3. The van der Waals surface area contributed by atoms with E-state index in [0.29, 0.717) is 0 Å². The summed E-state index contributed by atoms with van der Waals surface area (Å²) in [6.07, 6.45) is 0.798. The molecule has 0 aromatic rings. The van der Waals surface area contributed by atoms with Gasteiger partial charge in [0.2, 0.25) is 11.8 Å². The van der Waals surface area contributed by atoms with Crippen LogP contribution in [-0.4, -0.2) is 54.2 Å². The highest BCUT2D eigenvalue weighted by molar-refractivity contribution is 7.57. The summed E-state index contributed by atoms with van der Waals surface area (Å²) in [7, 11) is -3.53. The molecular weight excluding hydrogens is 365 g/mol. The van der Waals surface area contributed by atoms with Gasteiger partial charge < -0.3 is 30.5 Å². The van der Waals surface area contributed by atoms with E-state index in [0.717, 1.165) is 5.82 Å². The number of carboxylic acids is 1. The molecule has 0 radical (unpaired) electrons. The van der Waals surface area contributed by atoms with Crippen molar-refractivity contribution in [3.05, 3.63) is 11.9 Å². The minimum atomic E-state index is -3.53. The third kappa shape index (κ3) is 9.67. The number of rotatable bonds is 12. The van der Waals surface area contributed by atoms with E-state index in [1.165, 1.54) is 19.9 Å². The largest absolute Gasteiger partial charge is 0.481 e. The number of nitrogens with one attached hydrogen (secondary N) is 2. The summed E-state index contributed by atoms with van der Waals surface area (Å²) in [6.45, 7) is 6.45. The van der Waals surface area contributed by atoms with Crippen LogP contribution >= 0.6 is 7.60 Å². The molecule has 11 heteroatoms. The number of nitrogens with two attached hydrogens (primary N) is 1. The summed E-state index contributed by atoms with van der Waals surface area (Å²) in [6, 6.07) is -2.68. The maximum atomic E-state index is 12.4. The van der Waals surface area contributed by atoms with E-state index in [1.807, 2.05) is 0 Å². The summed E-state index contributed by atoms with van der Waals surface area (Å²) in [5.74, 6) is -1.18. The van der Waals surface area contributed by atoms with Crippen molar-refractivity contribution >= 4 is 25.4 Å². The van der Waals surface area contributed by atoms with Crippen molar-refractivity contribution in [2.24, 2.45) is 5.73 Å². The molecule has 0 aliphatic heterocycles. The van der Waals surface area contributed by atoms with Crippen molar-refractivity contribution in [3.8, 4) is 0 Å². The number of aliphatic carboxylic acids is 1. The number of hydrogen-bond acceptors (Lipinski definition) is 7. The van der Waals surface area contributed by atoms with Gasteiger partial charge in [-0.3, -0.25) is 18.9 Å². The molecule has 2 unspecified atom stereocenters. The Kier molecular flexibility index (Phi) is 11.0. The van der Waals surface area contributed by atoms with Crippen molar-refractivity contribution in [2.45, 2.75) is 52.2 Å². The summed E-state index contributed by atoms with van der Waals surface area (Å²) < 4.78 is 22.5. The number of carbonyl (C=O) groups is 3. The second-order valence-electron chi connectivity index (χ2n) is 5.45. The molecule has 0 aromatic heterocycles. The minimum Gasteiger partial charge on any atom is -0.481 e. The summed E-state index contributed by atoms with van der Waals surface area (Å²) >= 11 is 0. The van der Waals surface area contributed by atoms with Gasteiger partial charge in [0.25, 0.3) is 0 Å². The Labute approximate surface area is 153 Å². The highest BCUT2D eigenvalue weighted by atomic mass is 31.2. The summed E-state index contributed by atoms with van der Waals surface area (Å²) in [5, 5.41) is 13.8. The van der Waals surface area contributed by atoms with Crippen molar-refractivity contribution in [2.75, 3.05) is 13.2 Å². The molecule has 0 saturated heterocycles. The van der Waals surface area contributed by atoms with Gasteiger partial charge in [0.05, 0.1) is 31.7 Å². The van der Waals surface area contributed by atoms with Crippen LogP contribution in [-0.2, 0) is 28.0 Å². The Hall–Kier alpha value is -1.74. The molecule has 0 saturated carbocycles. The van der Waals surface area contributed by atoms with Gasteiger partial charge in [0, 0.05) is 5.82 Å². The van der Waals surface area contributed by atoms with Crippen LogP contribution in [0.2, 0.25) is 0 Å². The molecule has 5 N–H and O–H groups in total. The highest BCUT2D eigenvalue weighted by Crippen LogP contribution is 2.49. The lowest BCUT2D eigenvalue weighted by Gasteiger charge is -2.19. The van der Waals surface area contributed by atoms with Gasteiger partial charge in [-0.2, -0.15) is 0 Å². The topological polar surface area (TPSA) is 157 Å². The van der Waals surface area contributed by atoms with Crippen LogP contribution in [0.4, 0.5) is 0 Å². The predicted octanol–water partition coefficient (Wildman–Crippen LogP) is 0.578. The first-order valence-electron chi connectivity index (χ1n) is 8.20. The van der Waals surface area contributed by atoms with Gasteiger partial charge in [-0.15, -0.1) is 0 Å².